The summed E-state index contributed by atoms with van der Waals surface area (Å²) in [5.74, 6) is 0. The molecule has 0 aliphatic heterocycles. The molecule has 14 heavy (non-hydrogen) atoms. The van der Waals surface area contributed by atoms with E-state index < -0.39 is 0 Å². The topological polar surface area (TPSA) is 49.8 Å². The molecule has 0 radical (unpaired) electrons. The number of nitrogens with two attached hydrogens (primary N) is 1. The largest absolute Gasteiger partial charge is 0.321 e. The van der Waals surface area contributed by atoms with Gasteiger partial charge in [-0.25, -0.2) is 0 Å². The van der Waals surface area contributed by atoms with Crippen LogP contribution in [0.4, 0.5) is 0 Å². The first-order valence-corrected chi connectivity index (χ1v) is 4.54. The van der Waals surface area contributed by atoms with Gasteiger partial charge in [-0.2, -0.15) is 5.26 Å². The Bertz CT molecular complexity index is 364. The Morgan fingerprint density at radius 3 is 2.57 bits per heavy atom. The van der Waals surface area contributed by atoms with Gasteiger partial charge in [0.25, 0.3) is 0 Å². The van der Waals surface area contributed by atoms with Crippen LogP contribution in [0, 0.1) is 11.3 Å². The molecule has 0 atom stereocenters. The lowest BCUT2D eigenvalue weighted by molar-refractivity contribution is 0.253. The Hall–Kier alpha value is -1.04. The number of benzene rings is 1. The third-order valence-corrected chi connectivity index (χ3v) is 2.81. The van der Waals surface area contributed by atoms with Crippen molar-refractivity contribution < 1.29 is 0 Å². The molecule has 0 unspecified atom stereocenters. The number of nitrogens with zero attached hydrogens (tertiary/aromatic N) is 1. The molecule has 0 bridgehead atoms. The van der Waals surface area contributed by atoms with Gasteiger partial charge in [-0.05, 0) is 37.0 Å². The number of halogens is 1. The average molecular weight is 209 g/mol. The zero-order valence-electron chi connectivity index (χ0n) is 7.86. The molecule has 1 saturated carbocycles. The highest BCUT2D eigenvalue weighted by Gasteiger charge is 2.34. The van der Waals surface area contributed by atoms with E-state index in [1.165, 1.54) is 6.42 Å². The van der Waals surface area contributed by atoms with Gasteiger partial charge in [0, 0.05) is 5.54 Å². The van der Waals surface area contributed by atoms with E-state index in [1.807, 2.05) is 24.3 Å². The van der Waals surface area contributed by atoms with Crippen molar-refractivity contribution in [2.24, 2.45) is 5.73 Å². The van der Waals surface area contributed by atoms with E-state index in [4.69, 9.17) is 11.0 Å². The van der Waals surface area contributed by atoms with Crippen molar-refractivity contribution >= 4 is 12.4 Å². The quantitative estimate of drug-likeness (QED) is 0.770. The first-order chi connectivity index (χ1) is 6.24. The normalized spacial score (nSPS) is 17.4. The van der Waals surface area contributed by atoms with Crippen LogP contribution in [0.15, 0.2) is 24.3 Å². The summed E-state index contributed by atoms with van der Waals surface area (Å²) in [6.45, 7) is 0. The second kappa shape index (κ2) is 4.00. The van der Waals surface area contributed by atoms with E-state index in [0.717, 1.165) is 18.4 Å². The van der Waals surface area contributed by atoms with Crippen LogP contribution in [-0.4, -0.2) is 0 Å². The van der Waals surface area contributed by atoms with Crippen molar-refractivity contribution in [3.05, 3.63) is 35.4 Å². The summed E-state index contributed by atoms with van der Waals surface area (Å²) in [5.41, 5.74) is 7.80. The molecule has 2 N–H and O–H groups in total. The van der Waals surface area contributed by atoms with Crippen molar-refractivity contribution in [2.45, 2.75) is 24.8 Å². The van der Waals surface area contributed by atoms with Gasteiger partial charge >= 0.3 is 0 Å². The molecule has 0 spiro atoms. The Kier molecular flexibility index (Phi) is 3.15. The van der Waals surface area contributed by atoms with E-state index >= 15 is 0 Å². The molecule has 1 fully saturated rings. The summed E-state index contributed by atoms with van der Waals surface area (Å²) in [5, 5.41) is 8.73. The molecule has 0 heterocycles. The van der Waals surface area contributed by atoms with Crippen LogP contribution in [0.1, 0.15) is 30.4 Å². The van der Waals surface area contributed by atoms with E-state index in [0.29, 0.717) is 5.56 Å². The summed E-state index contributed by atoms with van der Waals surface area (Å²) >= 11 is 0. The fraction of sp³-hybridized carbons (Fsp3) is 0.364. The molecular weight excluding hydrogens is 196 g/mol. The maximum Gasteiger partial charge on any atom is 0.0991 e. The zero-order chi connectivity index (χ0) is 9.31. The highest BCUT2D eigenvalue weighted by molar-refractivity contribution is 5.85. The summed E-state index contributed by atoms with van der Waals surface area (Å²) in [6.07, 6.45) is 3.29. The summed E-state index contributed by atoms with van der Waals surface area (Å²) in [7, 11) is 0. The zero-order valence-corrected chi connectivity index (χ0v) is 8.68. The van der Waals surface area contributed by atoms with Crippen molar-refractivity contribution in [2.75, 3.05) is 0 Å². The number of rotatable bonds is 1. The van der Waals surface area contributed by atoms with Gasteiger partial charge in [-0.1, -0.05) is 12.1 Å². The molecule has 2 rings (SSSR count). The third kappa shape index (κ3) is 1.75. The molecule has 1 aromatic rings. The fourth-order valence-corrected chi connectivity index (χ4v) is 1.74. The summed E-state index contributed by atoms with van der Waals surface area (Å²) < 4.78 is 0. The minimum atomic E-state index is -0.146. The fourth-order valence-electron chi connectivity index (χ4n) is 1.74. The summed E-state index contributed by atoms with van der Waals surface area (Å²) in [4.78, 5) is 0. The smallest absolute Gasteiger partial charge is 0.0991 e. The van der Waals surface area contributed by atoms with Crippen LogP contribution in [0.3, 0.4) is 0 Å². The summed E-state index contributed by atoms with van der Waals surface area (Å²) in [6, 6.07) is 9.76. The van der Waals surface area contributed by atoms with Crippen molar-refractivity contribution in [3.8, 4) is 6.07 Å². The van der Waals surface area contributed by atoms with Gasteiger partial charge in [0.2, 0.25) is 0 Å². The predicted molar refractivity (Wildman–Crippen MR) is 58.1 cm³/mol. The Labute approximate surface area is 90.1 Å². The van der Waals surface area contributed by atoms with E-state index in [2.05, 4.69) is 6.07 Å². The molecule has 0 amide bonds. The van der Waals surface area contributed by atoms with E-state index in [-0.39, 0.29) is 17.9 Å². The minimum absolute atomic E-state index is 0. The molecule has 1 aromatic carbocycles. The lowest BCUT2D eigenvalue weighted by Crippen LogP contribution is -2.43. The maximum atomic E-state index is 8.73. The predicted octanol–water partition coefficient (Wildman–Crippen LogP) is 2.32. The second-order valence-corrected chi connectivity index (χ2v) is 3.70. The van der Waals surface area contributed by atoms with Crippen LogP contribution in [0.25, 0.3) is 0 Å². The van der Waals surface area contributed by atoms with Gasteiger partial charge in [0.1, 0.15) is 0 Å². The highest BCUT2D eigenvalue weighted by atomic mass is 35.5. The highest BCUT2D eigenvalue weighted by Crippen LogP contribution is 2.38. The van der Waals surface area contributed by atoms with Crippen molar-refractivity contribution in [3.63, 3.8) is 0 Å². The standard InChI is InChI=1S/C11H12N2.ClH/c12-8-9-3-1-4-10(7-9)11(13)5-2-6-11;/h1,3-4,7H,2,5-6,13H2;1H. The van der Waals surface area contributed by atoms with Crippen LogP contribution in [0.5, 0.6) is 0 Å². The van der Waals surface area contributed by atoms with Crippen LogP contribution in [0.2, 0.25) is 0 Å². The van der Waals surface area contributed by atoms with Crippen molar-refractivity contribution in [1.29, 1.82) is 5.26 Å². The SMILES string of the molecule is Cl.N#Cc1cccc(C2(N)CCC2)c1. The van der Waals surface area contributed by atoms with Gasteiger partial charge in [-0.3, -0.25) is 0 Å². The monoisotopic (exact) mass is 208 g/mol. The van der Waals surface area contributed by atoms with Crippen LogP contribution < -0.4 is 5.73 Å². The Balaban J connectivity index is 0.000000980. The number of hydrogen-bond donors (Lipinski definition) is 1. The molecule has 3 heteroatoms. The van der Waals surface area contributed by atoms with E-state index in [9.17, 15) is 0 Å². The van der Waals surface area contributed by atoms with E-state index in [1.54, 1.807) is 0 Å². The lowest BCUT2D eigenvalue weighted by atomic mass is 9.72. The number of nitriles is 1. The van der Waals surface area contributed by atoms with Gasteiger partial charge in [0.15, 0.2) is 0 Å². The molecule has 74 valence electrons. The van der Waals surface area contributed by atoms with Gasteiger partial charge < -0.3 is 5.73 Å². The molecular formula is C11H13ClN2. The third-order valence-electron chi connectivity index (χ3n) is 2.81. The number of hydrogen-bond acceptors (Lipinski definition) is 2. The van der Waals surface area contributed by atoms with Crippen LogP contribution >= 0.6 is 12.4 Å². The first-order valence-electron chi connectivity index (χ1n) is 4.54. The molecule has 0 saturated heterocycles. The Morgan fingerprint density at radius 2 is 2.07 bits per heavy atom. The van der Waals surface area contributed by atoms with Crippen molar-refractivity contribution in [1.82, 2.24) is 0 Å². The first kappa shape index (κ1) is 11.0. The Morgan fingerprint density at radius 1 is 1.36 bits per heavy atom. The maximum absolute atomic E-state index is 8.73. The van der Waals surface area contributed by atoms with Gasteiger partial charge in [0.05, 0.1) is 11.6 Å². The molecule has 1 aliphatic carbocycles. The lowest BCUT2D eigenvalue weighted by Gasteiger charge is -2.38. The average Bonchev–Trinajstić information content (AvgIpc) is 2.14. The second-order valence-electron chi connectivity index (χ2n) is 3.70. The minimum Gasteiger partial charge on any atom is -0.321 e. The molecule has 0 aromatic heterocycles. The van der Waals surface area contributed by atoms with Gasteiger partial charge in [-0.15, -0.1) is 12.4 Å². The van der Waals surface area contributed by atoms with Crippen LogP contribution in [-0.2, 0) is 5.54 Å². The molecule has 1 aliphatic rings. The molecule has 2 nitrogen and oxygen atoms in total.